The molecule has 0 aliphatic carbocycles. The molecule has 0 spiro atoms. The zero-order valence-electron chi connectivity index (χ0n) is 13.3. The van der Waals surface area contributed by atoms with Crippen molar-refractivity contribution < 1.29 is 9.53 Å². The minimum atomic E-state index is -0.0324. The van der Waals surface area contributed by atoms with Crippen molar-refractivity contribution in [2.45, 2.75) is 80.1 Å². The number of unbranched alkanes of at least 4 members (excludes halogenated alkanes) is 1. The molecule has 2 nitrogen and oxygen atoms in total. The maximum atomic E-state index is 11.5. The normalized spacial score (nSPS) is 12.6. The van der Waals surface area contributed by atoms with Gasteiger partial charge in [-0.25, -0.2) is 0 Å². The van der Waals surface area contributed by atoms with Crippen LogP contribution >= 0.6 is 0 Å². The summed E-state index contributed by atoms with van der Waals surface area (Å²) in [5.41, 5.74) is 0.698. The van der Waals surface area contributed by atoms with E-state index in [0.29, 0.717) is 23.9 Å². The highest BCUT2D eigenvalue weighted by Crippen LogP contribution is 2.22. The standard InChI is InChI=1S/C16H32O2/c1-15(2,3)11-7-8-13-18-14(17)10-9-12-16(4,5)6/h7-13H2,1-6H3. The molecule has 0 aromatic carbocycles. The van der Waals surface area contributed by atoms with Crippen LogP contribution in [-0.4, -0.2) is 12.6 Å². The summed E-state index contributed by atoms with van der Waals surface area (Å²) in [5.74, 6) is -0.0324. The lowest BCUT2D eigenvalue weighted by molar-refractivity contribution is -0.144. The summed E-state index contributed by atoms with van der Waals surface area (Å²) in [6.07, 6.45) is 5.89. The van der Waals surface area contributed by atoms with E-state index in [4.69, 9.17) is 4.74 Å². The van der Waals surface area contributed by atoms with Crippen LogP contribution in [0.3, 0.4) is 0 Å². The maximum absolute atomic E-state index is 11.5. The lowest BCUT2D eigenvalue weighted by Gasteiger charge is -2.18. The van der Waals surface area contributed by atoms with Crippen LogP contribution in [0.5, 0.6) is 0 Å². The molecule has 0 heterocycles. The molecule has 0 radical (unpaired) electrons. The Morgan fingerprint density at radius 3 is 1.83 bits per heavy atom. The van der Waals surface area contributed by atoms with Crippen LogP contribution in [0.1, 0.15) is 80.1 Å². The van der Waals surface area contributed by atoms with Crippen LogP contribution < -0.4 is 0 Å². The van der Waals surface area contributed by atoms with Crippen LogP contribution in [0.4, 0.5) is 0 Å². The number of ether oxygens (including phenoxy) is 1. The predicted octanol–water partition coefficient (Wildman–Crippen LogP) is 4.96. The highest BCUT2D eigenvalue weighted by atomic mass is 16.5. The van der Waals surface area contributed by atoms with Crippen LogP contribution in [0.15, 0.2) is 0 Å². The molecule has 0 unspecified atom stereocenters. The topological polar surface area (TPSA) is 26.3 Å². The van der Waals surface area contributed by atoms with Gasteiger partial charge in [-0.05, 0) is 42.9 Å². The molecule has 0 bridgehead atoms. The van der Waals surface area contributed by atoms with Crippen molar-refractivity contribution in [3.8, 4) is 0 Å². The molecule has 0 aromatic rings. The second-order valence-electron chi connectivity index (χ2n) is 7.65. The monoisotopic (exact) mass is 256 g/mol. The van der Waals surface area contributed by atoms with Gasteiger partial charge in [-0.3, -0.25) is 4.79 Å². The summed E-state index contributed by atoms with van der Waals surface area (Å²) in [6, 6.07) is 0. The Balaban J connectivity index is 3.44. The molecule has 0 rings (SSSR count). The van der Waals surface area contributed by atoms with Crippen molar-refractivity contribution in [3.05, 3.63) is 0 Å². The summed E-state index contributed by atoms with van der Waals surface area (Å²) in [7, 11) is 0. The van der Waals surface area contributed by atoms with E-state index in [1.807, 2.05) is 0 Å². The second kappa shape index (κ2) is 7.81. The Labute approximate surface area is 113 Å². The fourth-order valence-corrected chi connectivity index (χ4v) is 1.78. The quantitative estimate of drug-likeness (QED) is 0.475. The molecule has 0 aromatic heterocycles. The first-order chi connectivity index (χ1) is 8.10. The average molecular weight is 256 g/mol. The van der Waals surface area contributed by atoms with E-state index in [-0.39, 0.29) is 5.97 Å². The molecule has 0 saturated heterocycles. The summed E-state index contributed by atoms with van der Waals surface area (Å²) in [4.78, 5) is 11.5. The third-order valence-corrected chi connectivity index (χ3v) is 2.89. The fourth-order valence-electron chi connectivity index (χ4n) is 1.78. The Hall–Kier alpha value is -0.530. The van der Waals surface area contributed by atoms with Gasteiger partial charge in [0.05, 0.1) is 6.61 Å². The number of esters is 1. The van der Waals surface area contributed by atoms with Gasteiger partial charge < -0.3 is 4.74 Å². The smallest absolute Gasteiger partial charge is 0.305 e. The zero-order chi connectivity index (χ0) is 14.2. The molecule has 2 heteroatoms. The van der Waals surface area contributed by atoms with Gasteiger partial charge in [-0.15, -0.1) is 0 Å². The van der Waals surface area contributed by atoms with Gasteiger partial charge in [0.1, 0.15) is 0 Å². The van der Waals surface area contributed by atoms with Crippen molar-refractivity contribution in [1.29, 1.82) is 0 Å². The van der Waals surface area contributed by atoms with Gasteiger partial charge in [0, 0.05) is 6.42 Å². The van der Waals surface area contributed by atoms with Crippen molar-refractivity contribution >= 4 is 5.97 Å². The average Bonchev–Trinajstić information content (AvgIpc) is 2.13. The maximum Gasteiger partial charge on any atom is 0.305 e. The first-order valence-electron chi connectivity index (χ1n) is 7.26. The number of carbonyl (C=O) groups is 1. The largest absolute Gasteiger partial charge is 0.466 e. The van der Waals surface area contributed by atoms with Gasteiger partial charge in [-0.2, -0.15) is 0 Å². The molecular formula is C16H32O2. The minimum Gasteiger partial charge on any atom is -0.466 e. The lowest BCUT2D eigenvalue weighted by Crippen LogP contribution is -2.10. The van der Waals surface area contributed by atoms with Gasteiger partial charge in [0.15, 0.2) is 0 Å². The molecule has 0 amide bonds. The van der Waals surface area contributed by atoms with E-state index >= 15 is 0 Å². The van der Waals surface area contributed by atoms with Gasteiger partial charge in [0.25, 0.3) is 0 Å². The van der Waals surface area contributed by atoms with E-state index in [1.54, 1.807) is 0 Å². The molecule has 0 aliphatic rings. The highest BCUT2D eigenvalue weighted by Gasteiger charge is 2.12. The zero-order valence-corrected chi connectivity index (χ0v) is 13.3. The first-order valence-corrected chi connectivity index (χ1v) is 7.26. The van der Waals surface area contributed by atoms with Crippen molar-refractivity contribution in [2.75, 3.05) is 6.61 Å². The van der Waals surface area contributed by atoms with E-state index in [1.165, 1.54) is 6.42 Å². The summed E-state index contributed by atoms with van der Waals surface area (Å²) in [6.45, 7) is 13.9. The van der Waals surface area contributed by atoms with Crippen LogP contribution in [0.2, 0.25) is 0 Å². The lowest BCUT2D eigenvalue weighted by atomic mass is 9.90. The molecule has 0 atom stereocenters. The molecule has 18 heavy (non-hydrogen) atoms. The van der Waals surface area contributed by atoms with E-state index in [0.717, 1.165) is 25.7 Å². The van der Waals surface area contributed by atoms with Crippen molar-refractivity contribution in [1.82, 2.24) is 0 Å². The van der Waals surface area contributed by atoms with Crippen LogP contribution in [0, 0.1) is 10.8 Å². The number of hydrogen-bond donors (Lipinski definition) is 0. The summed E-state index contributed by atoms with van der Waals surface area (Å²) < 4.78 is 5.23. The molecular weight excluding hydrogens is 224 g/mol. The molecule has 0 fully saturated rings. The summed E-state index contributed by atoms with van der Waals surface area (Å²) in [5, 5.41) is 0. The molecule has 0 aliphatic heterocycles. The summed E-state index contributed by atoms with van der Waals surface area (Å²) >= 11 is 0. The van der Waals surface area contributed by atoms with Gasteiger partial charge >= 0.3 is 5.97 Å². The Bertz CT molecular complexity index is 230. The first kappa shape index (κ1) is 17.5. The predicted molar refractivity (Wildman–Crippen MR) is 77.6 cm³/mol. The Morgan fingerprint density at radius 2 is 1.33 bits per heavy atom. The van der Waals surface area contributed by atoms with E-state index in [9.17, 15) is 4.79 Å². The van der Waals surface area contributed by atoms with Gasteiger partial charge in [0.2, 0.25) is 0 Å². The SMILES string of the molecule is CC(C)(C)CCCCOC(=O)CCCC(C)(C)C. The van der Waals surface area contributed by atoms with Gasteiger partial charge in [-0.1, -0.05) is 41.5 Å². The Morgan fingerprint density at radius 1 is 0.833 bits per heavy atom. The number of carbonyl (C=O) groups excluding carboxylic acids is 1. The molecule has 0 N–H and O–H groups in total. The van der Waals surface area contributed by atoms with Crippen LogP contribution in [-0.2, 0) is 9.53 Å². The van der Waals surface area contributed by atoms with Crippen LogP contribution in [0.25, 0.3) is 0 Å². The van der Waals surface area contributed by atoms with E-state index in [2.05, 4.69) is 41.5 Å². The Kier molecular flexibility index (Phi) is 7.58. The molecule has 108 valence electrons. The fraction of sp³-hybridized carbons (Fsp3) is 0.938. The molecule has 0 saturated carbocycles. The third kappa shape index (κ3) is 13.5. The third-order valence-electron chi connectivity index (χ3n) is 2.89. The highest BCUT2D eigenvalue weighted by molar-refractivity contribution is 5.69. The number of rotatable bonds is 7. The van der Waals surface area contributed by atoms with Crippen molar-refractivity contribution in [2.24, 2.45) is 10.8 Å². The number of hydrogen-bond acceptors (Lipinski definition) is 2. The van der Waals surface area contributed by atoms with E-state index < -0.39 is 0 Å². The minimum absolute atomic E-state index is 0.0324. The van der Waals surface area contributed by atoms with Crippen molar-refractivity contribution in [3.63, 3.8) is 0 Å². The second-order valence-corrected chi connectivity index (χ2v) is 7.65.